The van der Waals surface area contributed by atoms with Gasteiger partial charge in [-0.05, 0) is 24.5 Å². The van der Waals surface area contributed by atoms with E-state index < -0.39 is 5.97 Å². The minimum Gasteiger partial charge on any atom is -0.497 e. The van der Waals surface area contributed by atoms with E-state index in [0.717, 1.165) is 6.42 Å². The van der Waals surface area contributed by atoms with Crippen LogP contribution in [0.3, 0.4) is 0 Å². The maximum atomic E-state index is 12.5. The lowest BCUT2D eigenvalue weighted by molar-refractivity contribution is 0.0690. The Balaban J connectivity index is 1.97. The number of carbonyl (C=O) groups excluding carboxylic acids is 1. The van der Waals surface area contributed by atoms with Gasteiger partial charge < -0.3 is 19.9 Å². The first kappa shape index (κ1) is 20.7. The van der Waals surface area contributed by atoms with Crippen LogP contribution >= 0.6 is 11.3 Å². The van der Waals surface area contributed by atoms with Crippen LogP contribution in [-0.4, -0.2) is 42.2 Å². The molecule has 1 aromatic carbocycles. The molecule has 0 saturated carbocycles. The van der Waals surface area contributed by atoms with Crippen molar-refractivity contribution in [3.05, 3.63) is 39.8 Å². The highest BCUT2D eigenvalue weighted by Crippen LogP contribution is 2.25. The van der Waals surface area contributed by atoms with Gasteiger partial charge in [-0.15, -0.1) is 11.3 Å². The Hall–Kier alpha value is -2.61. The van der Waals surface area contributed by atoms with Crippen molar-refractivity contribution in [2.75, 3.05) is 20.3 Å². The lowest BCUT2D eigenvalue weighted by Gasteiger charge is -2.14. The second kappa shape index (κ2) is 9.91. The van der Waals surface area contributed by atoms with Crippen molar-refractivity contribution in [3.8, 4) is 11.5 Å². The minimum absolute atomic E-state index is 0.0253. The van der Waals surface area contributed by atoms with Crippen molar-refractivity contribution in [1.29, 1.82) is 0 Å². The number of benzene rings is 1. The molecule has 0 fully saturated rings. The molecule has 1 amide bonds. The third-order valence-corrected chi connectivity index (χ3v) is 4.69. The highest BCUT2D eigenvalue weighted by atomic mass is 32.1. The Kier molecular flexibility index (Phi) is 7.60. The van der Waals surface area contributed by atoms with E-state index in [4.69, 9.17) is 14.6 Å². The van der Waals surface area contributed by atoms with Crippen LogP contribution in [0.4, 0.5) is 0 Å². The monoisotopic (exact) mass is 392 g/mol. The van der Waals surface area contributed by atoms with E-state index in [2.05, 4.69) is 24.1 Å². The van der Waals surface area contributed by atoms with E-state index >= 15 is 0 Å². The van der Waals surface area contributed by atoms with Crippen molar-refractivity contribution in [3.63, 3.8) is 0 Å². The van der Waals surface area contributed by atoms with Crippen molar-refractivity contribution in [2.24, 2.45) is 5.92 Å². The number of thiazole rings is 1. The molecule has 0 unspecified atom stereocenters. The first-order valence-electron chi connectivity index (χ1n) is 8.67. The molecular weight excluding hydrogens is 368 g/mol. The average molecular weight is 392 g/mol. The quantitative estimate of drug-likeness (QED) is 0.644. The molecule has 0 saturated heterocycles. The topological polar surface area (TPSA) is 97.8 Å². The van der Waals surface area contributed by atoms with Crippen LogP contribution in [0.2, 0.25) is 0 Å². The fourth-order valence-electron chi connectivity index (χ4n) is 2.24. The lowest BCUT2D eigenvalue weighted by Crippen LogP contribution is -2.26. The van der Waals surface area contributed by atoms with E-state index in [1.54, 1.807) is 25.3 Å². The molecule has 2 aromatic rings. The Morgan fingerprint density at radius 1 is 1.33 bits per heavy atom. The summed E-state index contributed by atoms with van der Waals surface area (Å²) in [6, 6.07) is 5.09. The Bertz CT molecular complexity index is 788. The van der Waals surface area contributed by atoms with Gasteiger partial charge in [0, 0.05) is 24.4 Å². The zero-order chi connectivity index (χ0) is 19.8. The molecule has 7 nitrogen and oxygen atoms in total. The molecule has 27 heavy (non-hydrogen) atoms. The summed E-state index contributed by atoms with van der Waals surface area (Å²) in [5, 5.41) is 13.9. The van der Waals surface area contributed by atoms with Crippen molar-refractivity contribution >= 4 is 23.2 Å². The molecule has 0 aliphatic rings. The van der Waals surface area contributed by atoms with Crippen LogP contribution in [0, 0.1) is 5.92 Å². The number of aromatic carboxylic acids is 1. The van der Waals surface area contributed by atoms with Crippen LogP contribution in [-0.2, 0) is 6.42 Å². The van der Waals surface area contributed by atoms with Gasteiger partial charge in [-0.3, -0.25) is 4.79 Å². The van der Waals surface area contributed by atoms with Gasteiger partial charge in [-0.1, -0.05) is 13.8 Å². The van der Waals surface area contributed by atoms with Crippen LogP contribution in [0.15, 0.2) is 23.6 Å². The molecule has 0 radical (unpaired) electrons. The van der Waals surface area contributed by atoms with Gasteiger partial charge in [0.25, 0.3) is 5.91 Å². The van der Waals surface area contributed by atoms with E-state index in [0.29, 0.717) is 47.6 Å². The molecule has 146 valence electrons. The zero-order valence-electron chi connectivity index (χ0n) is 15.7. The molecule has 2 N–H and O–H groups in total. The summed E-state index contributed by atoms with van der Waals surface area (Å²) in [6.07, 6.45) is 1.34. The summed E-state index contributed by atoms with van der Waals surface area (Å²) in [5.74, 6) is 0.294. The number of carbonyl (C=O) groups is 2. The summed E-state index contributed by atoms with van der Waals surface area (Å²) < 4.78 is 11.0. The Morgan fingerprint density at radius 3 is 2.74 bits per heavy atom. The molecule has 0 aliphatic heterocycles. The summed E-state index contributed by atoms with van der Waals surface area (Å²) >= 11 is 1.26. The summed E-state index contributed by atoms with van der Waals surface area (Å²) in [5.41, 5.74) is 0.460. The number of hydrogen-bond acceptors (Lipinski definition) is 6. The van der Waals surface area contributed by atoms with Gasteiger partial charge in [0.15, 0.2) is 5.69 Å². The second-order valence-electron chi connectivity index (χ2n) is 6.33. The number of carboxylic acid groups (broad SMARTS) is 1. The first-order chi connectivity index (χ1) is 12.9. The maximum absolute atomic E-state index is 12.5. The number of ether oxygens (including phenoxy) is 2. The van der Waals surface area contributed by atoms with Crippen molar-refractivity contribution < 1.29 is 24.2 Å². The average Bonchev–Trinajstić information content (AvgIpc) is 3.10. The molecule has 1 aromatic heterocycles. The van der Waals surface area contributed by atoms with Gasteiger partial charge in [-0.2, -0.15) is 0 Å². The zero-order valence-corrected chi connectivity index (χ0v) is 16.5. The predicted molar refractivity (Wildman–Crippen MR) is 103 cm³/mol. The third kappa shape index (κ3) is 6.25. The SMILES string of the molecule is COc1ccc(C(=O)NCCc2nc(C(=O)O)cs2)c(OCCC(C)C)c1. The standard InChI is InChI=1S/C19H24N2O5S/c1-12(2)7-9-26-16-10-13(25-3)4-5-14(16)18(22)20-8-6-17-21-15(11-27-17)19(23)24/h4-5,10-12H,6-9H2,1-3H3,(H,20,22)(H,23,24). The number of rotatable bonds is 10. The molecule has 1 heterocycles. The van der Waals surface area contributed by atoms with Gasteiger partial charge in [-0.25, -0.2) is 9.78 Å². The summed E-state index contributed by atoms with van der Waals surface area (Å²) in [4.78, 5) is 27.4. The number of methoxy groups -OCH3 is 1. The smallest absolute Gasteiger partial charge is 0.355 e. The van der Waals surface area contributed by atoms with Gasteiger partial charge in [0.05, 0.1) is 24.3 Å². The number of carboxylic acids is 1. The number of nitrogens with one attached hydrogen (secondary N) is 1. The molecule has 0 bridgehead atoms. The minimum atomic E-state index is -1.05. The van der Waals surface area contributed by atoms with Crippen LogP contribution < -0.4 is 14.8 Å². The van der Waals surface area contributed by atoms with E-state index in [1.165, 1.54) is 16.7 Å². The lowest BCUT2D eigenvalue weighted by atomic mass is 10.1. The van der Waals surface area contributed by atoms with Crippen molar-refractivity contribution in [2.45, 2.75) is 26.7 Å². The number of hydrogen-bond donors (Lipinski definition) is 2. The Morgan fingerprint density at radius 2 is 2.11 bits per heavy atom. The first-order valence-corrected chi connectivity index (χ1v) is 9.55. The van der Waals surface area contributed by atoms with E-state index in [9.17, 15) is 9.59 Å². The van der Waals surface area contributed by atoms with E-state index in [1.807, 2.05) is 0 Å². The molecule has 2 rings (SSSR count). The van der Waals surface area contributed by atoms with Crippen LogP contribution in [0.25, 0.3) is 0 Å². The fraction of sp³-hybridized carbons (Fsp3) is 0.421. The normalized spacial score (nSPS) is 10.7. The second-order valence-corrected chi connectivity index (χ2v) is 7.27. The van der Waals surface area contributed by atoms with Gasteiger partial charge >= 0.3 is 5.97 Å². The highest BCUT2D eigenvalue weighted by molar-refractivity contribution is 7.09. The van der Waals surface area contributed by atoms with Gasteiger partial charge in [0.1, 0.15) is 11.5 Å². The largest absolute Gasteiger partial charge is 0.497 e. The highest BCUT2D eigenvalue weighted by Gasteiger charge is 2.15. The molecule has 0 atom stereocenters. The maximum Gasteiger partial charge on any atom is 0.355 e. The molecule has 0 aliphatic carbocycles. The van der Waals surface area contributed by atoms with Crippen molar-refractivity contribution in [1.82, 2.24) is 10.3 Å². The Labute approximate surface area is 162 Å². The van der Waals surface area contributed by atoms with Gasteiger partial charge in [0.2, 0.25) is 0 Å². The number of aromatic nitrogens is 1. The van der Waals surface area contributed by atoms with Crippen LogP contribution in [0.1, 0.15) is 46.1 Å². The number of nitrogens with zero attached hydrogens (tertiary/aromatic N) is 1. The van der Waals surface area contributed by atoms with E-state index in [-0.39, 0.29) is 11.6 Å². The molecule has 0 spiro atoms. The predicted octanol–water partition coefficient (Wildman–Crippen LogP) is 3.25. The number of amides is 1. The van der Waals surface area contributed by atoms with Crippen LogP contribution in [0.5, 0.6) is 11.5 Å². The fourth-order valence-corrected chi connectivity index (χ4v) is 3.02. The molecular formula is C19H24N2O5S. The third-order valence-electron chi connectivity index (χ3n) is 3.78. The summed E-state index contributed by atoms with van der Waals surface area (Å²) in [7, 11) is 1.56. The summed E-state index contributed by atoms with van der Waals surface area (Å²) in [6.45, 7) is 5.08. The molecule has 8 heteroatoms.